The molecule has 2 fully saturated rings. The summed E-state index contributed by atoms with van der Waals surface area (Å²) in [6.07, 6.45) is 3.90. The zero-order valence-corrected chi connectivity index (χ0v) is 19.0. The van der Waals surface area contributed by atoms with E-state index >= 15 is 0 Å². The van der Waals surface area contributed by atoms with Gasteiger partial charge in [0.1, 0.15) is 0 Å². The number of amides is 1. The first-order valence-electron chi connectivity index (χ1n) is 11.7. The van der Waals surface area contributed by atoms with E-state index in [9.17, 15) is 18.0 Å². The van der Waals surface area contributed by atoms with E-state index < -0.39 is 12.8 Å². The molecule has 0 bridgehead atoms. The summed E-state index contributed by atoms with van der Waals surface area (Å²) in [5.74, 6) is 1.10. The molecule has 5 nitrogen and oxygen atoms in total. The van der Waals surface area contributed by atoms with Crippen LogP contribution in [0.5, 0.6) is 11.5 Å². The molecule has 2 saturated heterocycles. The Kier molecular flexibility index (Phi) is 9.08. The quantitative estimate of drug-likeness (QED) is 0.570. The summed E-state index contributed by atoms with van der Waals surface area (Å²) in [5, 5.41) is 0. The van der Waals surface area contributed by atoms with E-state index in [4.69, 9.17) is 9.47 Å². The van der Waals surface area contributed by atoms with Gasteiger partial charge in [-0.1, -0.05) is 18.9 Å². The summed E-state index contributed by atoms with van der Waals surface area (Å²) in [5.41, 5.74) is 0.839. The number of hydrogen-bond donors (Lipinski definition) is 0. The van der Waals surface area contributed by atoms with Gasteiger partial charge in [0.2, 0.25) is 5.91 Å². The number of hydrogen-bond acceptors (Lipinski definition) is 4. The van der Waals surface area contributed by atoms with Crippen LogP contribution in [0.3, 0.4) is 0 Å². The molecule has 8 heteroatoms. The van der Waals surface area contributed by atoms with Gasteiger partial charge < -0.3 is 19.3 Å². The van der Waals surface area contributed by atoms with Crippen LogP contribution in [0.1, 0.15) is 50.5 Å². The molecular weight excluding hydrogens is 421 g/mol. The van der Waals surface area contributed by atoms with E-state index in [2.05, 4.69) is 4.90 Å². The molecule has 2 aliphatic rings. The Balaban J connectivity index is 1.42. The minimum Gasteiger partial charge on any atom is -0.493 e. The van der Waals surface area contributed by atoms with Crippen molar-refractivity contribution in [1.82, 2.24) is 9.80 Å². The number of methoxy groups -OCH3 is 1. The number of alkyl halides is 3. The fourth-order valence-corrected chi connectivity index (χ4v) is 4.60. The Hall–Kier alpha value is -1.96. The van der Waals surface area contributed by atoms with Gasteiger partial charge in [-0.05, 0) is 68.8 Å². The number of carbonyl (C=O) groups excluding carboxylic acids is 1. The Morgan fingerprint density at radius 1 is 1.03 bits per heavy atom. The Labute approximate surface area is 188 Å². The maximum atomic E-state index is 12.7. The van der Waals surface area contributed by atoms with E-state index in [1.807, 2.05) is 4.90 Å². The summed E-state index contributed by atoms with van der Waals surface area (Å²) in [6.45, 7) is 3.83. The van der Waals surface area contributed by atoms with Crippen molar-refractivity contribution in [3.05, 3.63) is 23.8 Å². The smallest absolute Gasteiger partial charge is 0.422 e. The molecule has 0 saturated carbocycles. The number of halogens is 3. The maximum Gasteiger partial charge on any atom is 0.422 e. The molecule has 0 atom stereocenters. The van der Waals surface area contributed by atoms with Crippen molar-refractivity contribution >= 4 is 5.91 Å². The third-order valence-corrected chi connectivity index (χ3v) is 6.43. The summed E-state index contributed by atoms with van der Waals surface area (Å²) in [6, 6.07) is 4.81. The molecule has 0 radical (unpaired) electrons. The van der Waals surface area contributed by atoms with E-state index in [0.29, 0.717) is 18.8 Å². The predicted molar refractivity (Wildman–Crippen MR) is 117 cm³/mol. The second-order valence-electron chi connectivity index (χ2n) is 8.93. The third-order valence-electron chi connectivity index (χ3n) is 6.43. The standard InChI is InChI=1S/C24H35F3N2O3/c1-31-22-16-19(6-8-21(22)32-18-24(25,26)27)7-9-23(30)29-14-10-20(11-15-29)17-28-12-4-2-3-5-13-28/h6,8,16,20H,2-5,7,9-15,17-18H2,1H3. The second-order valence-corrected chi connectivity index (χ2v) is 8.93. The van der Waals surface area contributed by atoms with Crippen LogP contribution in [-0.2, 0) is 11.2 Å². The number of carbonyl (C=O) groups is 1. The number of nitrogens with zero attached hydrogens (tertiary/aromatic N) is 2. The summed E-state index contributed by atoms with van der Waals surface area (Å²) < 4.78 is 47.1. The van der Waals surface area contributed by atoms with Crippen molar-refractivity contribution in [1.29, 1.82) is 0 Å². The number of piperidine rings is 1. The van der Waals surface area contributed by atoms with Crippen LogP contribution in [0.4, 0.5) is 13.2 Å². The van der Waals surface area contributed by atoms with Gasteiger partial charge in [0.05, 0.1) is 7.11 Å². The molecule has 32 heavy (non-hydrogen) atoms. The van der Waals surface area contributed by atoms with Gasteiger partial charge in [-0.25, -0.2) is 0 Å². The Morgan fingerprint density at radius 2 is 1.72 bits per heavy atom. The molecule has 0 N–H and O–H groups in total. The van der Waals surface area contributed by atoms with Gasteiger partial charge in [0.25, 0.3) is 0 Å². The van der Waals surface area contributed by atoms with Gasteiger partial charge in [0.15, 0.2) is 18.1 Å². The second kappa shape index (κ2) is 11.8. The maximum absolute atomic E-state index is 12.7. The lowest BCUT2D eigenvalue weighted by atomic mass is 9.95. The molecule has 1 aromatic carbocycles. The first-order valence-corrected chi connectivity index (χ1v) is 11.7. The average Bonchev–Trinajstić information content (AvgIpc) is 3.05. The van der Waals surface area contributed by atoms with Gasteiger partial charge in [-0.15, -0.1) is 0 Å². The highest BCUT2D eigenvalue weighted by molar-refractivity contribution is 5.76. The van der Waals surface area contributed by atoms with Crippen LogP contribution in [0.2, 0.25) is 0 Å². The van der Waals surface area contributed by atoms with Crippen molar-refractivity contribution in [2.75, 3.05) is 46.4 Å². The Bertz CT molecular complexity index is 726. The van der Waals surface area contributed by atoms with Crippen LogP contribution < -0.4 is 9.47 Å². The normalized spacial score (nSPS) is 18.9. The van der Waals surface area contributed by atoms with Gasteiger partial charge >= 0.3 is 6.18 Å². The molecule has 0 aliphatic carbocycles. The van der Waals surface area contributed by atoms with Crippen LogP contribution >= 0.6 is 0 Å². The van der Waals surface area contributed by atoms with E-state index in [-0.39, 0.29) is 17.4 Å². The van der Waals surface area contributed by atoms with Gasteiger partial charge in [0, 0.05) is 26.1 Å². The summed E-state index contributed by atoms with van der Waals surface area (Å²) in [4.78, 5) is 17.2. The zero-order valence-electron chi connectivity index (χ0n) is 19.0. The monoisotopic (exact) mass is 456 g/mol. The molecule has 0 spiro atoms. The van der Waals surface area contributed by atoms with Crippen molar-refractivity contribution < 1.29 is 27.4 Å². The van der Waals surface area contributed by atoms with E-state index in [1.165, 1.54) is 51.9 Å². The zero-order chi connectivity index (χ0) is 23.0. The van der Waals surface area contributed by atoms with Crippen LogP contribution in [0.25, 0.3) is 0 Å². The Morgan fingerprint density at radius 3 is 2.34 bits per heavy atom. The van der Waals surface area contributed by atoms with Crippen LogP contribution in [-0.4, -0.2) is 68.3 Å². The lowest BCUT2D eigenvalue weighted by molar-refractivity contribution is -0.153. The lowest BCUT2D eigenvalue weighted by Crippen LogP contribution is -2.41. The van der Waals surface area contributed by atoms with Crippen LogP contribution in [0.15, 0.2) is 18.2 Å². The number of aryl methyl sites for hydroxylation is 1. The molecule has 2 heterocycles. The van der Waals surface area contributed by atoms with Crippen molar-refractivity contribution in [3.63, 3.8) is 0 Å². The minimum absolute atomic E-state index is 0.0476. The van der Waals surface area contributed by atoms with Crippen molar-refractivity contribution in [3.8, 4) is 11.5 Å². The minimum atomic E-state index is -4.41. The average molecular weight is 457 g/mol. The topological polar surface area (TPSA) is 42.0 Å². The van der Waals surface area contributed by atoms with Crippen molar-refractivity contribution in [2.45, 2.75) is 57.5 Å². The SMILES string of the molecule is COc1cc(CCC(=O)N2CCC(CN3CCCCCC3)CC2)ccc1OCC(F)(F)F. The fourth-order valence-electron chi connectivity index (χ4n) is 4.60. The molecule has 1 amide bonds. The summed E-state index contributed by atoms with van der Waals surface area (Å²) in [7, 11) is 1.39. The molecule has 3 rings (SSSR count). The van der Waals surface area contributed by atoms with E-state index in [1.54, 1.807) is 12.1 Å². The molecule has 180 valence electrons. The molecule has 0 aromatic heterocycles. The fraction of sp³-hybridized carbons (Fsp3) is 0.708. The largest absolute Gasteiger partial charge is 0.493 e. The first-order chi connectivity index (χ1) is 15.3. The third kappa shape index (κ3) is 7.87. The number of ether oxygens (including phenoxy) is 2. The van der Waals surface area contributed by atoms with Gasteiger partial charge in [-0.2, -0.15) is 13.2 Å². The van der Waals surface area contributed by atoms with Gasteiger partial charge in [-0.3, -0.25) is 4.79 Å². The summed E-state index contributed by atoms with van der Waals surface area (Å²) >= 11 is 0. The molecular formula is C24H35F3N2O3. The number of likely N-dealkylation sites (tertiary alicyclic amines) is 2. The number of benzene rings is 1. The molecule has 1 aromatic rings. The molecule has 0 unspecified atom stereocenters. The molecule has 2 aliphatic heterocycles. The van der Waals surface area contributed by atoms with E-state index in [0.717, 1.165) is 38.0 Å². The highest BCUT2D eigenvalue weighted by Crippen LogP contribution is 2.30. The number of rotatable bonds is 8. The first kappa shape index (κ1) is 24.7. The van der Waals surface area contributed by atoms with Crippen LogP contribution in [0, 0.1) is 5.92 Å². The predicted octanol–water partition coefficient (Wildman–Crippen LogP) is 4.68. The highest BCUT2D eigenvalue weighted by atomic mass is 19.4. The lowest BCUT2D eigenvalue weighted by Gasteiger charge is -2.34. The highest BCUT2D eigenvalue weighted by Gasteiger charge is 2.29. The van der Waals surface area contributed by atoms with Crippen molar-refractivity contribution in [2.24, 2.45) is 5.92 Å².